The second kappa shape index (κ2) is 2.34. The molecule has 0 amide bonds. The summed E-state index contributed by atoms with van der Waals surface area (Å²) < 4.78 is 2.37. The number of rotatable bonds is 1. The van der Waals surface area contributed by atoms with Crippen molar-refractivity contribution in [2.75, 3.05) is 0 Å². The Bertz CT molecular complexity index is 452. The molecule has 3 rings (SSSR count). The molecule has 2 aromatic rings. The van der Waals surface area contributed by atoms with Crippen LogP contribution in [0.25, 0.3) is 10.9 Å². The maximum absolute atomic E-state index is 4.33. The molecule has 13 heavy (non-hydrogen) atoms. The standard InChI is InChI=1S/C11H12N2/c1-8-11-9(4-6-12-8)5-7-13(11)10-2-3-10/h4-7,10H,2-3H2,1H3. The number of fused-ring (bicyclic) bond motifs is 1. The fraction of sp³-hybridized carbons (Fsp3) is 0.364. The summed E-state index contributed by atoms with van der Waals surface area (Å²) in [5, 5.41) is 1.32. The highest BCUT2D eigenvalue weighted by Crippen LogP contribution is 2.38. The SMILES string of the molecule is Cc1nccc2ccn(C3CC3)c12. The van der Waals surface area contributed by atoms with E-state index in [1.54, 1.807) is 0 Å². The minimum absolute atomic E-state index is 0.750. The number of nitrogens with zero attached hydrogens (tertiary/aromatic N) is 2. The third-order valence-electron chi connectivity index (χ3n) is 2.75. The van der Waals surface area contributed by atoms with Gasteiger partial charge in [-0.1, -0.05) is 0 Å². The van der Waals surface area contributed by atoms with E-state index in [-0.39, 0.29) is 0 Å². The van der Waals surface area contributed by atoms with E-state index in [2.05, 4.69) is 34.8 Å². The van der Waals surface area contributed by atoms with Crippen LogP contribution < -0.4 is 0 Å². The van der Waals surface area contributed by atoms with Crippen LogP contribution in [-0.2, 0) is 0 Å². The molecule has 0 N–H and O–H groups in total. The zero-order valence-corrected chi connectivity index (χ0v) is 7.70. The van der Waals surface area contributed by atoms with E-state index in [0.29, 0.717) is 0 Å². The Balaban J connectivity index is 2.34. The van der Waals surface area contributed by atoms with Crippen LogP contribution in [0.5, 0.6) is 0 Å². The number of aryl methyl sites for hydroxylation is 1. The lowest BCUT2D eigenvalue weighted by Gasteiger charge is -2.03. The predicted molar refractivity (Wildman–Crippen MR) is 52.7 cm³/mol. The Morgan fingerprint density at radius 2 is 2.23 bits per heavy atom. The summed E-state index contributed by atoms with van der Waals surface area (Å²) in [6.45, 7) is 2.08. The molecule has 0 aliphatic heterocycles. The molecule has 0 aromatic carbocycles. The lowest BCUT2D eigenvalue weighted by atomic mass is 10.2. The van der Waals surface area contributed by atoms with Crippen LogP contribution in [-0.4, -0.2) is 9.55 Å². The van der Waals surface area contributed by atoms with Crippen LogP contribution in [0.1, 0.15) is 24.6 Å². The van der Waals surface area contributed by atoms with Gasteiger partial charge in [0.2, 0.25) is 0 Å². The first-order chi connectivity index (χ1) is 6.36. The molecule has 1 aliphatic carbocycles. The molecule has 0 spiro atoms. The van der Waals surface area contributed by atoms with E-state index in [9.17, 15) is 0 Å². The van der Waals surface area contributed by atoms with Gasteiger partial charge in [-0.3, -0.25) is 4.98 Å². The molecule has 2 nitrogen and oxygen atoms in total. The van der Waals surface area contributed by atoms with E-state index in [1.807, 2.05) is 6.20 Å². The summed E-state index contributed by atoms with van der Waals surface area (Å²) in [5.41, 5.74) is 2.47. The zero-order valence-electron chi connectivity index (χ0n) is 7.70. The van der Waals surface area contributed by atoms with Gasteiger partial charge in [-0.25, -0.2) is 0 Å². The van der Waals surface area contributed by atoms with Gasteiger partial charge in [-0.2, -0.15) is 0 Å². The summed E-state index contributed by atoms with van der Waals surface area (Å²) in [5.74, 6) is 0. The third-order valence-corrected chi connectivity index (χ3v) is 2.75. The van der Waals surface area contributed by atoms with Crippen molar-refractivity contribution in [2.24, 2.45) is 0 Å². The van der Waals surface area contributed by atoms with Crippen molar-refractivity contribution in [3.63, 3.8) is 0 Å². The quantitative estimate of drug-likeness (QED) is 0.646. The summed E-state index contributed by atoms with van der Waals surface area (Å²) in [6.07, 6.45) is 6.74. The molecule has 0 saturated heterocycles. The van der Waals surface area contributed by atoms with Crippen molar-refractivity contribution in [3.05, 3.63) is 30.2 Å². The Kier molecular flexibility index (Phi) is 1.29. The summed E-state index contributed by atoms with van der Waals surface area (Å²) in [6, 6.07) is 5.02. The molecular formula is C11H12N2. The van der Waals surface area contributed by atoms with Crippen molar-refractivity contribution in [1.29, 1.82) is 0 Å². The van der Waals surface area contributed by atoms with E-state index < -0.39 is 0 Å². The smallest absolute Gasteiger partial charge is 0.0699 e. The summed E-state index contributed by atoms with van der Waals surface area (Å²) in [4.78, 5) is 4.33. The monoisotopic (exact) mass is 172 g/mol. The summed E-state index contributed by atoms with van der Waals surface area (Å²) >= 11 is 0. The maximum Gasteiger partial charge on any atom is 0.0699 e. The number of hydrogen-bond acceptors (Lipinski definition) is 1. The molecule has 0 bridgehead atoms. The van der Waals surface area contributed by atoms with Crippen molar-refractivity contribution in [1.82, 2.24) is 9.55 Å². The second-order valence-electron chi connectivity index (χ2n) is 3.79. The minimum Gasteiger partial charge on any atom is -0.343 e. The Morgan fingerprint density at radius 3 is 3.00 bits per heavy atom. The average Bonchev–Trinajstić information content (AvgIpc) is 2.87. The van der Waals surface area contributed by atoms with E-state index in [0.717, 1.165) is 11.7 Å². The van der Waals surface area contributed by atoms with Gasteiger partial charge < -0.3 is 4.57 Å². The Morgan fingerprint density at radius 1 is 1.38 bits per heavy atom. The first-order valence-electron chi connectivity index (χ1n) is 4.78. The third kappa shape index (κ3) is 0.981. The van der Waals surface area contributed by atoms with Crippen LogP contribution in [0.2, 0.25) is 0 Å². The highest BCUT2D eigenvalue weighted by molar-refractivity contribution is 5.82. The fourth-order valence-electron chi connectivity index (χ4n) is 1.94. The van der Waals surface area contributed by atoms with Crippen LogP contribution in [0.4, 0.5) is 0 Å². The normalized spacial score (nSPS) is 16.7. The Hall–Kier alpha value is -1.31. The number of aromatic nitrogens is 2. The maximum atomic E-state index is 4.33. The zero-order chi connectivity index (χ0) is 8.84. The van der Waals surface area contributed by atoms with Crippen molar-refractivity contribution < 1.29 is 0 Å². The molecule has 1 fully saturated rings. The van der Waals surface area contributed by atoms with Gasteiger partial charge in [0.15, 0.2) is 0 Å². The first-order valence-corrected chi connectivity index (χ1v) is 4.78. The highest BCUT2D eigenvalue weighted by Gasteiger charge is 2.24. The first kappa shape index (κ1) is 7.13. The molecule has 2 aromatic heterocycles. The van der Waals surface area contributed by atoms with Crippen LogP contribution >= 0.6 is 0 Å². The number of pyridine rings is 1. The minimum atomic E-state index is 0.750. The molecular weight excluding hydrogens is 160 g/mol. The highest BCUT2D eigenvalue weighted by atomic mass is 15.0. The van der Waals surface area contributed by atoms with Crippen molar-refractivity contribution >= 4 is 10.9 Å². The molecule has 2 heteroatoms. The van der Waals surface area contributed by atoms with Gasteiger partial charge in [-0.05, 0) is 31.9 Å². The number of hydrogen-bond donors (Lipinski definition) is 0. The predicted octanol–water partition coefficient (Wildman–Crippen LogP) is 2.68. The molecule has 0 atom stereocenters. The molecule has 1 saturated carbocycles. The molecule has 0 radical (unpaired) electrons. The lowest BCUT2D eigenvalue weighted by Crippen LogP contribution is -1.93. The lowest BCUT2D eigenvalue weighted by molar-refractivity contribution is 0.771. The largest absolute Gasteiger partial charge is 0.343 e. The van der Waals surface area contributed by atoms with Crippen LogP contribution in [0.3, 0.4) is 0 Å². The summed E-state index contributed by atoms with van der Waals surface area (Å²) in [7, 11) is 0. The molecule has 1 aliphatic rings. The van der Waals surface area contributed by atoms with Gasteiger partial charge in [0.05, 0.1) is 11.2 Å². The molecule has 0 unspecified atom stereocenters. The van der Waals surface area contributed by atoms with E-state index in [4.69, 9.17) is 0 Å². The fourth-order valence-corrected chi connectivity index (χ4v) is 1.94. The van der Waals surface area contributed by atoms with Crippen LogP contribution in [0, 0.1) is 6.92 Å². The van der Waals surface area contributed by atoms with E-state index >= 15 is 0 Å². The van der Waals surface area contributed by atoms with Crippen LogP contribution in [0.15, 0.2) is 24.5 Å². The van der Waals surface area contributed by atoms with Gasteiger partial charge in [-0.15, -0.1) is 0 Å². The Labute approximate surface area is 77.2 Å². The van der Waals surface area contributed by atoms with Gasteiger partial charge in [0.1, 0.15) is 0 Å². The van der Waals surface area contributed by atoms with Crippen molar-refractivity contribution in [3.8, 4) is 0 Å². The second-order valence-corrected chi connectivity index (χ2v) is 3.79. The van der Waals surface area contributed by atoms with Crippen molar-refractivity contribution in [2.45, 2.75) is 25.8 Å². The van der Waals surface area contributed by atoms with Gasteiger partial charge in [0.25, 0.3) is 0 Å². The average molecular weight is 172 g/mol. The molecule has 66 valence electrons. The topological polar surface area (TPSA) is 17.8 Å². The molecule has 2 heterocycles. The van der Waals surface area contributed by atoms with E-state index in [1.165, 1.54) is 23.7 Å². The van der Waals surface area contributed by atoms with Gasteiger partial charge >= 0.3 is 0 Å². The van der Waals surface area contributed by atoms with Gasteiger partial charge in [0, 0.05) is 23.8 Å².